The van der Waals surface area contributed by atoms with E-state index in [0.717, 1.165) is 0 Å². The number of rotatable bonds is 1. The quantitative estimate of drug-likeness (QED) is 0.500. The highest BCUT2D eigenvalue weighted by atomic mass is 16.3. The Morgan fingerprint density at radius 3 is 2.14 bits per heavy atom. The van der Waals surface area contributed by atoms with E-state index in [1.165, 1.54) is 0 Å². The molecule has 0 saturated carbocycles. The Morgan fingerprint density at radius 2 is 1.86 bits per heavy atom. The second kappa shape index (κ2) is 1.74. The van der Waals surface area contributed by atoms with Crippen LogP contribution in [0.15, 0.2) is 20.7 Å². The highest BCUT2D eigenvalue weighted by Gasteiger charge is 2.04. The third kappa shape index (κ3) is 0.774. The molecule has 0 aromatic carbocycles. The van der Waals surface area contributed by atoms with E-state index >= 15 is 0 Å². The van der Waals surface area contributed by atoms with E-state index in [1.54, 1.807) is 0 Å². The highest BCUT2D eigenvalue weighted by Crippen LogP contribution is 2.01. The Balaban J connectivity index is 2.44. The van der Waals surface area contributed by atoms with Crippen molar-refractivity contribution in [1.29, 1.82) is 0 Å². The van der Waals surface area contributed by atoms with Crippen LogP contribution in [0.4, 0.5) is 0 Å². The van der Waals surface area contributed by atoms with Crippen LogP contribution in [0.2, 0.25) is 0 Å². The van der Waals surface area contributed by atoms with Crippen molar-refractivity contribution in [2.45, 2.75) is 6.17 Å². The minimum absolute atomic E-state index is 0.104. The summed E-state index contributed by atoms with van der Waals surface area (Å²) in [5.74, 6) is 0. The Hall–Kier alpha value is -0.840. The maximum atomic E-state index is 8.26. The van der Waals surface area contributed by atoms with Gasteiger partial charge in [0, 0.05) is 0 Å². The topological polar surface area (TPSA) is 69.7 Å². The summed E-state index contributed by atoms with van der Waals surface area (Å²) in [5.41, 5.74) is 0. The summed E-state index contributed by atoms with van der Waals surface area (Å²) in [7, 11) is 0. The minimum atomic E-state index is -0.431. The van der Waals surface area contributed by atoms with Crippen molar-refractivity contribution in [1.82, 2.24) is 0 Å². The molecule has 1 heterocycles. The molecule has 5 nitrogen and oxygen atoms in total. The fourth-order valence-corrected chi connectivity index (χ4v) is 0.262. The van der Waals surface area contributed by atoms with Gasteiger partial charge in [-0.25, -0.2) is 0 Å². The molecule has 0 aromatic rings. The zero-order valence-corrected chi connectivity index (χ0v) is 3.52. The maximum Gasteiger partial charge on any atom is 0.208 e. The number of nitrogens with zero attached hydrogens (tertiary/aromatic N) is 4. The van der Waals surface area contributed by atoms with Gasteiger partial charge in [-0.3, -0.25) is 0 Å². The molecule has 0 spiro atoms. The van der Waals surface area contributed by atoms with E-state index < -0.39 is 6.17 Å². The average Bonchev–Trinajstić information content (AvgIpc) is 2.14. The molecule has 38 valence electrons. The molecule has 0 radical (unpaired) electrons. The van der Waals surface area contributed by atoms with Gasteiger partial charge in [-0.1, -0.05) is 0 Å². The molecule has 0 atom stereocenters. The SMILES string of the molecule is OCC1N=NN=N1. The average molecular weight is 100 g/mol. The van der Waals surface area contributed by atoms with Crippen LogP contribution in [0.1, 0.15) is 0 Å². The molecule has 1 N–H and O–H groups in total. The smallest absolute Gasteiger partial charge is 0.208 e. The molecule has 7 heavy (non-hydrogen) atoms. The molecule has 0 unspecified atom stereocenters. The van der Waals surface area contributed by atoms with Crippen molar-refractivity contribution in [3.8, 4) is 0 Å². The van der Waals surface area contributed by atoms with Crippen molar-refractivity contribution in [2.75, 3.05) is 6.61 Å². The van der Waals surface area contributed by atoms with E-state index in [0.29, 0.717) is 0 Å². The third-order valence-electron chi connectivity index (χ3n) is 0.573. The second-order valence-corrected chi connectivity index (χ2v) is 1.07. The maximum absolute atomic E-state index is 8.26. The van der Waals surface area contributed by atoms with E-state index in [-0.39, 0.29) is 6.61 Å². The van der Waals surface area contributed by atoms with Crippen LogP contribution < -0.4 is 0 Å². The molecule has 1 aliphatic rings. The summed E-state index contributed by atoms with van der Waals surface area (Å²) in [6, 6.07) is 0. The number of aliphatic hydroxyl groups is 1. The molecule has 1 aliphatic heterocycles. The molecule has 0 aromatic heterocycles. The zero-order valence-electron chi connectivity index (χ0n) is 3.52. The minimum Gasteiger partial charge on any atom is -0.392 e. The first kappa shape index (κ1) is 4.32. The van der Waals surface area contributed by atoms with Crippen LogP contribution in [0.5, 0.6) is 0 Å². The summed E-state index contributed by atoms with van der Waals surface area (Å²) in [5, 5.41) is 21.4. The highest BCUT2D eigenvalue weighted by molar-refractivity contribution is 4.56. The Kier molecular flexibility index (Phi) is 1.08. The Labute approximate surface area is 39.8 Å². The third-order valence-corrected chi connectivity index (χ3v) is 0.573. The predicted molar refractivity (Wildman–Crippen MR) is 20.6 cm³/mol. The largest absolute Gasteiger partial charge is 0.392 e. The van der Waals surface area contributed by atoms with E-state index in [4.69, 9.17) is 5.11 Å². The second-order valence-electron chi connectivity index (χ2n) is 1.07. The normalized spacial score (nSPS) is 19.0. The summed E-state index contributed by atoms with van der Waals surface area (Å²) in [4.78, 5) is 0. The number of hydrogen-bond donors (Lipinski definition) is 1. The van der Waals surface area contributed by atoms with Crippen LogP contribution >= 0.6 is 0 Å². The number of aliphatic hydroxyl groups excluding tert-OH is 1. The number of hydrogen-bond acceptors (Lipinski definition) is 5. The van der Waals surface area contributed by atoms with Crippen LogP contribution in [0, 0.1) is 0 Å². The molecular weight excluding hydrogens is 96.0 g/mol. The Bertz CT molecular complexity index is 96.3. The van der Waals surface area contributed by atoms with Crippen LogP contribution in [-0.2, 0) is 0 Å². The molecule has 0 amide bonds. The molecule has 0 aliphatic carbocycles. The van der Waals surface area contributed by atoms with Gasteiger partial charge in [0.1, 0.15) is 0 Å². The van der Waals surface area contributed by atoms with Crippen molar-refractivity contribution < 1.29 is 5.11 Å². The van der Waals surface area contributed by atoms with Gasteiger partial charge in [0.15, 0.2) is 0 Å². The lowest BCUT2D eigenvalue weighted by Gasteiger charge is -1.86. The Morgan fingerprint density at radius 1 is 1.29 bits per heavy atom. The molecule has 0 bridgehead atoms. The lowest BCUT2D eigenvalue weighted by Crippen LogP contribution is -2.01. The zero-order chi connectivity index (χ0) is 5.11. The lowest BCUT2D eigenvalue weighted by molar-refractivity contribution is 0.269. The summed E-state index contributed by atoms with van der Waals surface area (Å²) >= 11 is 0. The van der Waals surface area contributed by atoms with Crippen molar-refractivity contribution >= 4 is 0 Å². The monoisotopic (exact) mass is 100 g/mol. The van der Waals surface area contributed by atoms with Crippen molar-refractivity contribution in [2.24, 2.45) is 20.7 Å². The van der Waals surface area contributed by atoms with Gasteiger partial charge in [0.05, 0.1) is 6.61 Å². The first-order valence-electron chi connectivity index (χ1n) is 1.84. The van der Waals surface area contributed by atoms with E-state index in [1.807, 2.05) is 0 Å². The molecule has 0 saturated heterocycles. The summed E-state index contributed by atoms with van der Waals surface area (Å²) in [6.45, 7) is -0.104. The van der Waals surface area contributed by atoms with Gasteiger partial charge >= 0.3 is 0 Å². The molecular formula is C2H4N4O. The summed E-state index contributed by atoms with van der Waals surface area (Å²) < 4.78 is 0. The lowest BCUT2D eigenvalue weighted by atomic mass is 10.6. The van der Waals surface area contributed by atoms with Gasteiger partial charge in [-0.2, -0.15) is 0 Å². The van der Waals surface area contributed by atoms with Gasteiger partial charge in [0.2, 0.25) is 6.17 Å². The van der Waals surface area contributed by atoms with E-state index in [9.17, 15) is 0 Å². The van der Waals surface area contributed by atoms with Crippen LogP contribution in [0.25, 0.3) is 0 Å². The van der Waals surface area contributed by atoms with Crippen molar-refractivity contribution in [3.05, 3.63) is 0 Å². The molecule has 5 heteroatoms. The fraction of sp³-hybridized carbons (Fsp3) is 1.00. The van der Waals surface area contributed by atoms with Gasteiger partial charge in [0.25, 0.3) is 0 Å². The van der Waals surface area contributed by atoms with Crippen molar-refractivity contribution in [3.63, 3.8) is 0 Å². The first-order chi connectivity index (χ1) is 3.43. The van der Waals surface area contributed by atoms with E-state index in [2.05, 4.69) is 20.7 Å². The molecule has 0 fully saturated rings. The van der Waals surface area contributed by atoms with Gasteiger partial charge in [-0.05, 0) is 10.4 Å². The first-order valence-corrected chi connectivity index (χ1v) is 1.84. The van der Waals surface area contributed by atoms with Gasteiger partial charge in [-0.15, -0.1) is 10.2 Å². The standard InChI is InChI=1S/C2H4N4O/c7-1-2-3-5-6-4-2/h2,7H,1H2. The fourth-order valence-electron chi connectivity index (χ4n) is 0.262. The van der Waals surface area contributed by atoms with Crippen LogP contribution in [-0.4, -0.2) is 17.9 Å². The van der Waals surface area contributed by atoms with Crippen LogP contribution in [0.3, 0.4) is 0 Å². The van der Waals surface area contributed by atoms with Gasteiger partial charge < -0.3 is 5.11 Å². The molecule has 1 rings (SSSR count). The predicted octanol–water partition coefficient (Wildman–Crippen LogP) is 0.138. The summed E-state index contributed by atoms with van der Waals surface area (Å²) in [6.07, 6.45) is -0.431.